The summed E-state index contributed by atoms with van der Waals surface area (Å²) in [7, 11) is 0. The molecule has 0 radical (unpaired) electrons. The molecule has 0 spiro atoms. The Morgan fingerprint density at radius 2 is 1.53 bits per heavy atom. The molecule has 0 N–H and O–H groups in total. The van der Waals surface area contributed by atoms with E-state index in [9.17, 15) is 5.26 Å². The van der Waals surface area contributed by atoms with Gasteiger partial charge in [-0.05, 0) is 47.6 Å². The molecule has 1 aliphatic rings. The molecule has 144 valence electrons. The Morgan fingerprint density at radius 3 is 2.27 bits per heavy atom. The van der Waals surface area contributed by atoms with Crippen LogP contribution < -0.4 is 0 Å². The van der Waals surface area contributed by atoms with E-state index < -0.39 is 0 Å². The number of benzene rings is 3. The van der Waals surface area contributed by atoms with E-state index in [2.05, 4.69) is 29.3 Å². The molecule has 3 aromatic carbocycles. The topological polar surface area (TPSA) is 49.3 Å². The highest BCUT2D eigenvalue weighted by Crippen LogP contribution is 2.42. The Morgan fingerprint density at radius 1 is 0.833 bits per heavy atom. The summed E-state index contributed by atoms with van der Waals surface area (Å²) in [6.07, 6.45) is 5.29. The third kappa shape index (κ3) is 3.33. The van der Waals surface area contributed by atoms with Gasteiger partial charge in [-0.3, -0.25) is 0 Å². The molecule has 0 fully saturated rings. The monoisotopic (exact) mass is 388 g/mol. The second-order valence-corrected chi connectivity index (χ2v) is 7.47. The predicted octanol–water partition coefficient (Wildman–Crippen LogP) is 6.72. The number of aryl methyl sites for hydroxylation is 2. The van der Waals surface area contributed by atoms with Gasteiger partial charge in [0.15, 0.2) is 0 Å². The Kier molecular flexibility index (Phi) is 4.75. The van der Waals surface area contributed by atoms with Gasteiger partial charge in [-0.1, -0.05) is 72.8 Å². The Balaban J connectivity index is 1.62. The number of aliphatic imine (C=N–C) groups is 1. The third-order valence-electron chi connectivity index (χ3n) is 5.55. The van der Waals surface area contributed by atoms with Crippen molar-refractivity contribution >= 4 is 12.1 Å². The SMILES string of the molecule is N#Cc1c(N=Cc2ccc3c(c2)CCC3)oc(-c2ccccc2)c1-c1ccccc1. The number of hydrogen-bond donors (Lipinski definition) is 0. The van der Waals surface area contributed by atoms with Crippen LogP contribution in [-0.2, 0) is 12.8 Å². The van der Waals surface area contributed by atoms with E-state index in [1.807, 2.05) is 60.7 Å². The first kappa shape index (κ1) is 18.1. The number of rotatable bonds is 4. The Bertz CT molecular complexity index is 1260. The molecule has 0 bridgehead atoms. The first-order valence-corrected chi connectivity index (χ1v) is 10.2. The van der Waals surface area contributed by atoms with Crippen LogP contribution in [0.2, 0.25) is 0 Å². The number of furan rings is 1. The smallest absolute Gasteiger partial charge is 0.238 e. The van der Waals surface area contributed by atoms with Crippen molar-refractivity contribution in [3.8, 4) is 28.5 Å². The molecule has 3 heteroatoms. The maximum absolute atomic E-state index is 9.96. The van der Waals surface area contributed by atoms with Crippen LogP contribution in [0.5, 0.6) is 0 Å². The summed E-state index contributed by atoms with van der Waals surface area (Å²) >= 11 is 0. The highest BCUT2D eigenvalue weighted by Gasteiger charge is 2.22. The molecule has 0 amide bonds. The summed E-state index contributed by atoms with van der Waals surface area (Å²) in [6, 6.07) is 28.5. The third-order valence-corrected chi connectivity index (χ3v) is 5.55. The van der Waals surface area contributed by atoms with Crippen molar-refractivity contribution in [2.24, 2.45) is 4.99 Å². The van der Waals surface area contributed by atoms with Gasteiger partial charge in [0, 0.05) is 17.3 Å². The molecule has 0 atom stereocenters. The van der Waals surface area contributed by atoms with E-state index in [1.165, 1.54) is 17.5 Å². The molecule has 1 aromatic heterocycles. The molecular formula is C27H20N2O. The van der Waals surface area contributed by atoms with Crippen molar-refractivity contribution in [2.45, 2.75) is 19.3 Å². The van der Waals surface area contributed by atoms with Gasteiger partial charge in [-0.15, -0.1) is 0 Å². The Hall–Kier alpha value is -3.90. The quantitative estimate of drug-likeness (QED) is 0.364. The van der Waals surface area contributed by atoms with Gasteiger partial charge in [0.05, 0.1) is 0 Å². The molecule has 3 nitrogen and oxygen atoms in total. The average Bonchev–Trinajstić information content (AvgIpc) is 3.42. The molecule has 0 aliphatic heterocycles. The van der Waals surface area contributed by atoms with E-state index in [-0.39, 0.29) is 0 Å². The van der Waals surface area contributed by atoms with Crippen molar-refractivity contribution in [3.05, 3.63) is 101 Å². The zero-order valence-corrected chi connectivity index (χ0v) is 16.5. The zero-order chi connectivity index (χ0) is 20.3. The van der Waals surface area contributed by atoms with Crippen LogP contribution in [0.4, 0.5) is 5.88 Å². The number of hydrogen-bond acceptors (Lipinski definition) is 3. The van der Waals surface area contributed by atoms with E-state index in [0.717, 1.165) is 35.1 Å². The first-order chi connectivity index (χ1) is 14.8. The molecular weight excluding hydrogens is 368 g/mol. The molecule has 4 aromatic rings. The predicted molar refractivity (Wildman–Crippen MR) is 120 cm³/mol. The fourth-order valence-electron chi connectivity index (χ4n) is 4.09. The fraction of sp³-hybridized carbons (Fsp3) is 0.111. The van der Waals surface area contributed by atoms with Gasteiger partial charge in [-0.2, -0.15) is 5.26 Å². The minimum absolute atomic E-state index is 0.343. The van der Waals surface area contributed by atoms with E-state index in [4.69, 9.17) is 4.42 Å². The maximum atomic E-state index is 9.96. The van der Waals surface area contributed by atoms with Crippen LogP contribution in [0.1, 0.15) is 28.7 Å². The summed E-state index contributed by atoms with van der Waals surface area (Å²) in [5, 5.41) is 9.96. The van der Waals surface area contributed by atoms with E-state index in [1.54, 1.807) is 6.21 Å². The molecule has 1 heterocycles. The molecule has 0 unspecified atom stereocenters. The van der Waals surface area contributed by atoms with Crippen LogP contribution in [0, 0.1) is 11.3 Å². The summed E-state index contributed by atoms with van der Waals surface area (Å²) in [6.45, 7) is 0. The van der Waals surface area contributed by atoms with E-state index in [0.29, 0.717) is 17.2 Å². The van der Waals surface area contributed by atoms with Crippen LogP contribution in [0.3, 0.4) is 0 Å². The van der Waals surface area contributed by atoms with Crippen LogP contribution >= 0.6 is 0 Å². The molecule has 0 saturated carbocycles. The first-order valence-electron chi connectivity index (χ1n) is 10.2. The van der Waals surface area contributed by atoms with Gasteiger partial charge >= 0.3 is 0 Å². The lowest BCUT2D eigenvalue weighted by atomic mass is 9.98. The second-order valence-electron chi connectivity index (χ2n) is 7.47. The number of nitrogens with zero attached hydrogens (tertiary/aromatic N) is 2. The normalized spacial score (nSPS) is 12.8. The second kappa shape index (κ2) is 7.85. The maximum Gasteiger partial charge on any atom is 0.238 e. The van der Waals surface area contributed by atoms with Crippen molar-refractivity contribution in [1.29, 1.82) is 5.26 Å². The van der Waals surface area contributed by atoms with Gasteiger partial charge in [0.1, 0.15) is 17.4 Å². The highest BCUT2D eigenvalue weighted by atomic mass is 16.4. The summed E-state index contributed by atoms with van der Waals surface area (Å²) < 4.78 is 6.17. The lowest BCUT2D eigenvalue weighted by Crippen LogP contribution is -1.87. The summed E-state index contributed by atoms with van der Waals surface area (Å²) in [5.41, 5.74) is 6.96. The van der Waals surface area contributed by atoms with Gasteiger partial charge in [0.25, 0.3) is 0 Å². The van der Waals surface area contributed by atoms with Crippen molar-refractivity contribution < 1.29 is 4.42 Å². The van der Waals surface area contributed by atoms with Gasteiger partial charge in [0.2, 0.25) is 5.88 Å². The van der Waals surface area contributed by atoms with Crippen LogP contribution in [0.15, 0.2) is 88.3 Å². The van der Waals surface area contributed by atoms with Gasteiger partial charge < -0.3 is 4.42 Å². The lowest BCUT2D eigenvalue weighted by molar-refractivity contribution is 0.593. The van der Waals surface area contributed by atoms with E-state index >= 15 is 0 Å². The molecule has 5 rings (SSSR count). The summed E-state index contributed by atoms with van der Waals surface area (Å²) in [4.78, 5) is 4.59. The standard InChI is InChI=1S/C27H20N2O/c28-17-24-25(21-8-3-1-4-9-21)26(22-10-5-2-6-11-22)30-27(24)29-18-19-14-15-20-12-7-13-23(20)16-19/h1-6,8-11,14-16,18H,7,12-13H2. The minimum atomic E-state index is 0.343. The fourth-order valence-corrected chi connectivity index (χ4v) is 4.09. The van der Waals surface area contributed by atoms with Crippen LogP contribution in [-0.4, -0.2) is 6.21 Å². The lowest BCUT2D eigenvalue weighted by Gasteiger charge is -2.03. The summed E-state index contributed by atoms with van der Waals surface area (Å²) in [5.74, 6) is 1.01. The van der Waals surface area contributed by atoms with Crippen LogP contribution in [0.25, 0.3) is 22.5 Å². The van der Waals surface area contributed by atoms with Gasteiger partial charge in [-0.25, -0.2) is 4.99 Å². The number of nitriles is 1. The van der Waals surface area contributed by atoms with Crippen molar-refractivity contribution in [3.63, 3.8) is 0 Å². The zero-order valence-electron chi connectivity index (χ0n) is 16.5. The Labute approximate surface area is 176 Å². The largest absolute Gasteiger partial charge is 0.436 e. The number of fused-ring (bicyclic) bond motifs is 1. The average molecular weight is 388 g/mol. The highest BCUT2D eigenvalue weighted by molar-refractivity contribution is 5.90. The minimum Gasteiger partial charge on any atom is -0.436 e. The molecule has 1 aliphatic carbocycles. The van der Waals surface area contributed by atoms with Crippen molar-refractivity contribution in [1.82, 2.24) is 0 Å². The van der Waals surface area contributed by atoms with Crippen molar-refractivity contribution in [2.75, 3.05) is 0 Å². The molecule has 30 heavy (non-hydrogen) atoms. The molecule has 0 saturated heterocycles.